The number of aromatic nitrogens is 3. The summed E-state index contributed by atoms with van der Waals surface area (Å²) >= 11 is 9.60. The molecule has 0 bridgehead atoms. The minimum Gasteiger partial charge on any atom is -0.228 e. The predicted octanol–water partition coefficient (Wildman–Crippen LogP) is 4.94. The van der Waals surface area contributed by atoms with Crippen molar-refractivity contribution in [3.8, 4) is 11.3 Å². The van der Waals surface area contributed by atoms with E-state index in [2.05, 4.69) is 26.0 Å². The molecule has 3 rings (SSSR count). The average molecular weight is 367 g/mol. The van der Waals surface area contributed by atoms with Gasteiger partial charge < -0.3 is 0 Å². The van der Waals surface area contributed by atoms with Crippen LogP contribution in [0.5, 0.6) is 0 Å². The Morgan fingerprint density at radius 2 is 2.14 bits per heavy atom. The van der Waals surface area contributed by atoms with Crippen LogP contribution in [0.1, 0.15) is 12.5 Å². The number of hydrogen-bond donors (Lipinski definition) is 0. The highest BCUT2D eigenvalue weighted by molar-refractivity contribution is 9.11. The molecule has 1 aromatic carbocycles. The SMILES string of the molecule is C/C(Br)=C/c1cnn2c(Cl)cc(-c3ccccc3F)nc12. The summed E-state index contributed by atoms with van der Waals surface area (Å²) in [7, 11) is 0. The molecule has 0 fully saturated rings. The normalized spacial score (nSPS) is 12.1. The topological polar surface area (TPSA) is 30.2 Å². The van der Waals surface area contributed by atoms with Crippen molar-refractivity contribution in [1.82, 2.24) is 14.6 Å². The predicted molar refractivity (Wildman–Crippen MR) is 86.0 cm³/mol. The Balaban J connectivity index is 2.27. The molecule has 106 valence electrons. The molecule has 0 aliphatic rings. The quantitative estimate of drug-likeness (QED) is 0.601. The molecule has 2 heterocycles. The second-order valence-electron chi connectivity index (χ2n) is 4.51. The summed E-state index contributed by atoms with van der Waals surface area (Å²) in [4.78, 5) is 4.49. The van der Waals surface area contributed by atoms with Crippen molar-refractivity contribution in [1.29, 1.82) is 0 Å². The maximum atomic E-state index is 13.9. The second kappa shape index (κ2) is 5.58. The van der Waals surface area contributed by atoms with Gasteiger partial charge in [-0.25, -0.2) is 13.9 Å². The number of rotatable bonds is 2. The van der Waals surface area contributed by atoms with Crippen LogP contribution in [-0.2, 0) is 0 Å². The number of hydrogen-bond acceptors (Lipinski definition) is 2. The fourth-order valence-corrected chi connectivity index (χ4v) is 2.54. The largest absolute Gasteiger partial charge is 0.228 e. The zero-order chi connectivity index (χ0) is 15.0. The first kappa shape index (κ1) is 14.2. The van der Waals surface area contributed by atoms with E-state index >= 15 is 0 Å². The molecule has 0 radical (unpaired) electrons. The Hall–Kier alpha value is -1.72. The van der Waals surface area contributed by atoms with Gasteiger partial charge in [0.2, 0.25) is 0 Å². The minimum atomic E-state index is -0.335. The first-order chi connectivity index (χ1) is 10.1. The van der Waals surface area contributed by atoms with Gasteiger partial charge in [0.15, 0.2) is 5.65 Å². The van der Waals surface area contributed by atoms with Gasteiger partial charge in [-0.05, 0) is 29.6 Å². The van der Waals surface area contributed by atoms with Crippen molar-refractivity contribution in [3.05, 3.63) is 57.5 Å². The molecular formula is C15H10BrClFN3. The van der Waals surface area contributed by atoms with Gasteiger partial charge in [0, 0.05) is 17.2 Å². The van der Waals surface area contributed by atoms with Crippen LogP contribution >= 0.6 is 27.5 Å². The van der Waals surface area contributed by atoms with Crippen molar-refractivity contribution in [2.24, 2.45) is 0 Å². The van der Waals surface area contributed by atoms with E-state index in [4.69, 9.17) is 11.6 Å². The lowest BCUT2D eigenvalue weighted by Gasteiger charge is -2.05. The van der Waals surface area contributed by atoms with Gasteiger partial charge >= 0.3 is 0 Å². The number of allylic oxidation sites excluding steroid dienone is 1. The molecule has 0 aliphatic carbocycles. The van der Waals surface area contributed by atoms with Crippen molar-refractivity contribution in [2.75, 3.05) is 0 Å². The standard InChI is InChI=1S/C15H10BrClFN3/c1-9(16)6-10-8-19-21-14(17)7-13(20-15(10)21)11-4-2-3-5-12(11)18/h2-8H,1H3/b9-6-. The van der Waals surface area contributed by atoms with Crippen LogP contribution in [0.25, 0.3) is 23.0 Å². The van der Waals surface area contributed by atoms with E-state index in [9.17, 15) is 4.39 Å². The fraction of sp³-hybridized carbons (Fsp3) is 0.0667. The van der Waals surface area contributed by atoms with Crippen LogP contribution in [0, 0.1) is 5.82 Å². The van der Waals surface area contributed by atoms with Gasteiger partial charge in [-0.1, -0.05) is 39.7 Å². The molecule has 6 heteroatoms. The third kappa shape index (κ3) is 2.71. The Labute approximate surface area is 134 Å². The molecule has 3 nitrogen and oxygen atoms in total. The number of benzene rings is 1. The Morgan fingerprint density at radius 1 is 1.38 bits per heavy atom. The lowest BCUT2D eigenvalue weighted by Crippen LogP contribution is -1.96. The zero-order valence-corrected chi connectivity index (χ0v) is 13.4. The summed E-state index contributed by atoms with van der Waals surface area (Å²) in [5, 5.41) is 4.57. The highest BCUT2D eigenvalue weighted by atomic mass is 79.9. The van der Waals surface area contributed by atoms with Crippen molar-refractivity contribution in [2.45, 2.75) is 6.92 Å². The van der Waals surface area contributed by atoms with Crippen LogP contribution in [0.3, 0.4) is 0 Å². The van der Waals surface area contributed by atoms with Crippen molar-refractivity contribution < 1.29 is 4.39 Å². The highest BCUT2D eigenvalue weighted by Crippen LogP contribution is 2.26. The Morgan fingerprint density at radius 3 is 2.86 bits per heavy atom. The van der Waals surface area contributed by atoms with Gasteiger partial charge in [-0.3, -0.25) is 0 Å². The maximum absolute atomic E-state index is 13.9. The number of halogens is 3. The van der Waals surface area contributed by atoms with Gasteiger partial charge in [0.05, 0.1) is 11.9 Å². The molecule has 0 aliphatic heterocycles. The fourth-order valence-electron chi connectivity index (χ4n) is 2.07. The molecule has 0 N–H and O–H groups in total. The number of nitrogens with zero attached hydrogens (tertiary/aromatic N) is 3. The molecule has 0 saturated heterocycles. The molecule has 0 spiro atoms. The first-order valence-electron chi connectivity index (χ1n) is 6.19. The van der Waals surface area contributed by atoms with Crippen molar-refractivity contribution in [3.63, 3.8) is 0 Å². The van der Waals surface area contributed by atoms with E-state index in [1.165, 1.54) is 10.6 Å². The van der Waals surface area contributed by atoms with Crippen LogP contribution in [-0.4, -0.2) is 14.6 Å². The molecule has 3 aromatic rings. The van der Waals surface area contributed by atoms with E-state index in [-0.39, 0.29) is 5.82 Å². The first-order valence-corrected chi connectivity index (χ1v) is 7.36. The van der Waals surface area contributed by atoms with Crippen LogP contribution in [0.2, 0.25) is 5.15 Å². The molecular weight excluding hydrogens is 357 g/mol. The summed E-state index contributed by atoms with van der Waals surface area (Å²) in [6, 6.07) is 8.08. The molecule has 0 unspecified atom stereocenters. The van der Waals surface area contributed by atoms with E-state index in [0.717, 1.165) is 10.0 Å². The summed E-state index contributed by atoms with van der Waals surface area (Å²) in [6.07, 6.45) is 3.56. The maximum Gasteiger partial charge on any atom is 0.164 e. The van der Waals surface area contributed by atoms with Gasteiger partial charge in [-0.15, -0.1) is 0 Å². The second-order valence-corrected chi connectivity index (χ2v) is 6.15. The third-order valence-corrected chi connectivity index (χ3v) is 3.46. The van der Waals surface area contributed by atoms with E-state index in [0.29, 0.717) is 22.1 Å². The summed E-state index contributed by atoms with van der Waals surface area (Å²) in [6.45, 7) is 1.91. The number of fused-ring (bicyclic) bond motifs is 1. The van der Waals surface area contributed by atoms with Gasteiger partial charge in [0.1, 0.15) is 11.0 Å². The molecule has 0 saturated carbocycles. The molecule has 2 aromatic heterocycles. The van der Waals surface area contributed by atoms with E-state index in [1.54, 1.807) is 30.5 Å². The Kier molecular flexibility index (Phi) is 3.78. The van der Waals surface area contributed by atoms with Crippen LogP contribution in [0.15, 0.2) is 41.0 Å². The average Bonchev–Trinajstić information content (AvgIpc) is 2.82. The minimum absolute atomic E-state index is 0.335. The lowest BCUT2D eigenvalue weighted by molar-refractivity contribution is 0.630. The summed E-state index contributed by atoms with van der Waals surface area (Å²) in [5.74, 6) is -0.335. The molecule has 0 amide bonds. The van der Waals surface area contributed by atoms with Crippen LogP contribution < -0.4 is 0 Å². The van der Waals surface area contributed by atoms with Crippen LogP contribution in [0.4, 0.5) is 4.39 Å². The Bertz CT molecular complexity index is 853. The monoisotopic (exact) mass is 365 g/mol. The zero-order valence-electron chi connectivity index (χ0n) is 11.0. The van der Waals surface area contributed by atoms with Gasteiger partial charge in [0.25, 0.3) is 0 Å². The smallest absolute Gasteiger partial charge is 0.164 e. The summed E-state index contributed by atoms with van der Waals surface area (Å²) in [5.41, 5.74) is 2.28. The molecule has 0 atom stereocenters. The van der Waals surface area contributed by atoms with Gasteiger partial charge in [-0.2, -0.15) is 5.10 Å². The lowest BCUT2D eigenvalue weighted by atomic mass is 10.1. The van der Waals surface area contributed by atoms with E-state index in [1.807, 2.05) is 13.0 Å². The van der Waals surface area contributed by atoms with E-state index < -0.39 is 0 Å². The van der Waals surface area contributed by atoms with Crippen molar-refractivity contribution >= 4 is 39.3 Å². The highest BCUT2D eigenvalue weighted by Gasteiger charge is 2.12. The summed E-state index contributed by atoms with van der Waals surface area (Å²) < 4.78 is 16.4. The molecule has 21 heavy (non-hydrogen) atoms. The third-order valence-electron chi connectivity index (χ3n) is 2.96.